The van der Waals surface area contributed by atoms with Gasteiger partial charge in [-0.25, -0.2) is 4.57 Å². The summed E-state index contributed by atoms with van der Waals surface area (Å²) in [7, 11) is 0. The fourth-order valence-corrected chi connectivity index (χ4v) is 1.08. The van der Waals surface area contributed by atoms with Crippen LogP contribution in [-0.4, -0.2) is 0 Å². The summed E-state index contributed by atoms with van der Waals surface area (Å²) in [6, 6.07) is 4.10. The van der Waals surface area contributed by atoms with Gasteiger partial charge in [-0.2, -0.15) is 0 Å². The van der Waals surface area contributed by atoms with Crippen LogP contribution in [0.5, 0.6) is 0 Å². The van der Waals surface area contributed by atoms with Crippen molar-refractivity contribution in [2.75, 3.05) is 0 Å². The molecule has 0 unspecified atom stereocenters. The molecule has 1 heterocycles. The van der Waals surface area contributed by atoms with Crippen LogP contribution in [0.15, 0.2) is 29.0 Å². The first-order valence-electron chi connectivity index (χ1n) is 3.47. The summed E-state index contributed by atoms with van der Waals surface area (Å²) in [4.78, 5) is 0. The molecule has 0 aliphatic heterocycles. The van der Waals surface area contributed by atoms with Crippen molar-refractivity contribution in [2.45, 2.75) is 19.9 Å². The quantitative estimate of drug-likeness (QED) is 0.492. The van der Waals surface area contributed by atoms with Crippen LogP contribution < -0.4 is 28.5 Å². The fourth-order valence-electron chi connectivity index (χ4n) is 0.846. The van der Waals surface area contributed by atoms with E-state index in [1.54, 1.807) is 0 Å². The van der Waals surface area contributed by atoms with E-state index >= 15 is 0 Å². The van der Waals surface area contributed by atoms with E-state index in [2.05, 4.69) is 51.9 Å². The second-order valence-corrected chi connectivity index (χ2v) is 3.17. The van der Waals surface area contributed by atoms with Crippen molar-refractivity contribution in [3.63, 3.8) is 0 Å². The Labute approximate surface area is 93.0 Å². The van der Waals surface area contributed by atoms with Crippen LogP contribution in [-0.2, 0) is 6.54 Å². The number of pyridine rings is 1. The van der Waals surface area contributed by atoms with E-state index in [9.17, 15) is 0 Å². The molecule has 3 heteroatoms. The lowest BCUT2D eigenvalue weighted by Crippen LogP contribution is -3.00. The van der Waals surface area contributed by atoms with Gasteiger partial charge in [0.1, 0.15) is 6.54 Å². The predicted octanol–water partition coefficient (Wildman–Crippen LogP) is -0.849. The van der Waals surface area contributed by atoms with E-state index in [0.717, 1.165) is 11.0 Å². The summed E-state index contributed by atoms with van der Waals surface area (Å²) in [6.45, 7) is 3.28. The van der Waals surface area contributed by atoms with Gasteiger partial charge >= 0.3 is 0 Å². The lowest BCUT2D eigenvalue weighted by atomic mass is 10.4. The average molecular weight is 328 g/mol. The monoisotopic (exact) mass is 327 g/mol. The molecule has 1 aromatic rings. The summed E-state index contributed by atoms with van der Waals surface area (Å²) < 4.78 is 3.31. The number of aromatic nitrogens is 1. The molecule has 0 amide bonds. The van der Waals surface area contributed by atoms with Gasteiger partial charge in [0.25, 0.3) is 0 Å². The first-order valence-corrected chi connectivity index (χ1v) is 4.27. The summed E-state index contributed by atoms with van der Waals surface area (Å²) in [6.07, 6.45) is 5.34. The molecule has 62 valence electrons. The van der Waals surface area contributed by atoms with Gasteiger partial charge in [-0.1, -0.05) is 22.9 Å². The topological polar surface area (TPSA) is 3.88 Å². The highest BCUT2D eigenvalue weighted by Crippen LogP contribution is 2.03. The molecule has 0 spiro atoms. The van der Waals surface area contributed by atoms with Gasteiger partial charge in [0.15, 0.2) is 12.4 Å². The fraction of sp³-hybridized carbons (Fsp3) is 0.375. The zero-order valence-corrected chi connectivity index (χ0v) is 10.2. The minimum atomic E-state index is 0. The molecule has 11 heavy (non-hydrogen) atoms. The predicted molar refractivity (Wildman–Crippen MR) is 44.6 cm³/mol. The molecule has 0 aliphatic carbocycles. The van der Waals surface area contributed by atoms with E-state index < -0.39 is 0 Å². The molecule has 0 bridgehead atoms. The maximum atomic E-state index is 3.38. The first kappa shape index (κ1) is 11.4. The summed E-state index contributed by atoms with van der Waals surface area (Å²) >= 11 is 3.38. The Bertz CT molecular complexity index is 198. The van der Waals surface area contributed by atoms with Crippen molar-refractivity contribution in [3.05, 3.63) is 29.0 Å². The molecule has 0 aromatic carbocycles. The van der Waals surface area contributed by atoms with Crippen molar-refractivity contribution in [1.82, 2.24) is 0 Å². The third-order valence-corrected chi connectivity index (χ3v) is 1.86. The molecule has 0 atom stereocenters. The summed E-state index contributed by atoms with van der Waals surface area (Å²) in [5.74, 6) is 0. The first-order chi connectivity index (χ1) is 4.83. The standard InChI is InChI=1S/C8H11BrN.HI/c1-2-5-10-6-3-8(9)4-7-10;/h3-4,6-7H,2,5H2,1H3;1H/q+1;/p-1. The molecule has 0 saturated heterocycles. The van der Waals surface area contributed by atoms with E-state index in [1.807, 2.05) is 0 Å². The van der Waals surface area contributed by atoms with E-state index in [0.29, 0.717) is 0 Å². The van der Waals surface area contributed by atoms with Crippen molar-refractivity contribution in [1.29, 1.82) is 0 Å². The van der Waals surface area contributed by atoms with Gasteiger partial charge in [-0.3, -0.25) is 0 Å². The lowest BCUT2D eigenvalue weighted by molar-refractivity contribution is -0.697. The molecule has 0 saturated carbocycles. The molecule has 1 nitrogen and oxygen atoms in total. The van der Waals surface area contributed by atoms with Crippen LogP contribution in [0.2, 0.25) is 0 Å². The Morgan fingerprint density at radius 2 is 1.91 bits per heavy atom. The van der Waals surface area contributed by atoms with Crippen LogP contribution in [0.1, 0.15) is 13.3 Å². The molecule has 0 fully saturated rings. The number of hydrogen-bond donors (Lipinski definition) is 0. The smallest absolute Gasteiger partial charge is 0.169 e. The normalized spacial score (nSPS) is 8.91. The minimum Gasteiger partial charge on any atom is -1.00 e. The molecular formula is C8H11BrIN. The summed E-state index contributed by atoms with van der Waals surface area (Å²) in [5.41, 5.74) is 0. The number of nitrogens with zero attached hydrogens (tertiary/aromatic N) is 1. The zero-order chi connectivity index (χ0) is 7.40. The maximum absolute atomic E-state index is 3.38. The van der Waals surface area contributed by atoms with Crippen LogP contribution in [0.25, 0.3) is 0 Å². The Balaban J connectivity index is 0.000001000. The van der Waals surface area contributed by atoms with Gasteiger partial charge in [0.05, 0.1) is 0 Å². The molecule has 1 rings (SSSR count). The third-order valence-electron chi connectivity index (χ3n) is 1.33. The van der Waals surface area contributed by atoms with Crippen molar-refractivity contribution in [3.8, 4) is 0 Å². The van der Waals surface area contributed by atoms with E-state index in [4.69, 9.17) is 0 Å². The number of hydrogen-bond acceptors (Lipinski definition) is 0. The van der Waals surface area contributed by atoms with Crippen LogP contribution in [0, 0.1) is 0 Å². The number of rotatable bonds is 2. The molecule has 0 radical (unpaired) electrons. The van der Waals surface area contributed by atoms with Gasteiger partial charge in [-0.15, -0.1) is 0 Å². The largest absolute Gasteiger partial charge is 1.00 e. The van der Waals surface area contributed by atoms with Crippen molar-refractivity contribution in [2.24, 2.45) is 0 Å². The Morgan fingerprint density at radius 3 is 2.36 bits per heavy atom. The minimum absolute atomic E-state index is 0. The molecule has 0 N–H and O–H groups in total. The van der Waals surface area contributed by atoms with Crippen molar-refractivity contribution >= 4 is 15.9 Å². The third kappa shape index (κ3) is 4.06. The SMILES string of the molecule is CCC[n+]1ccc(Br)cc1.[I-]. The van der Waals surface area contributed by atoms with Crippen molar-refractivity contribution < 1.29 is 28.5 Å². The summed E-state index contributed by atoms with van der Waals surface area (Å²) in [5, 5.41) is 0. The molecule has 0 aliphatic rings. The number of halogens is 2. The van der Waals surface area contributed by atoms with Crippen LogP contribution >= 0.6 is 15.9 Å². The van der Waals surface area contributed by atoms with Gasteiger partial charge < -0.3 is 24.0 Å². The molecular weight excluding hydrogens is 317 g/mol. The van der Waals surface area contributed by atoms with E-state index in [-0.39, 0.29) is 24.0 Å². The second-order valence-electron chi connectivity index (χ2n) is 2.25. The Hall–Kier alpha value is 0.360. The average Bonchev–Trinajstić information content (AvgIpc) is 1.95. The van der Waals surface area contributed by atoms with E-state index in [1.165, 1.54) is 6.42 Å². The second kappa shape index (κ2) is 5.94. The molecule has 1 aromatic heterocycles. The van der Waals surface area contributed by atoms with Gasteiger partial charge in [0.2, 0.25) is 0 Å². The maximum Gasteiger partial charge on any atom is 0.169 e. The Morgan fingerprint density at radius 1 is 1.36 bits per heavy atom. The highest BCUT2D eigenvalue weighted by Gasteiger charge is 1.94. The zero-order valence-electron chi connectivity index (χ0n) is 6.43. The highest BCUT2D eigenvalue weighted by atomic mass is 127. The van der Waals surface area contributed by atoms with Gasteiger partial charge in [-0.05, 0) is 0 Å². The number of aryl methyl sites for hydroxylation is 1. The highest BCUT2D eigenvalue weighted by molar-refractivity contribution is 9.10. The van der Waals surface area contributed by atoms with Crippen LogP contribution in [0.3, 0.4) is 0 Å². The van der Waals surface area contributed by atoms with Gasteiger partial charge in [0, 0.05) is 23.0 Å². The van der Waals surface area contributed by atoms with Crippen LogP contribution in [0.4, 0.5) is 0 Å². The lowest BCUT2D eigenvalue weighted by Gasteiger charge is -1.91. The Kier molecular flexibility index (Phi) is 6.14.